The van der Waals surface area contributed by atoms with Crippen molar-refractivity contribution in [3.05, 3.63) is 34.2 Å². The molecule has 1 aromatic carbocycles. The van der Waals surface area contributed by atoms with Crippen LogP contribution in [-0.2, 0) is 6.42 Å². The molecule has 0 fully saturated rings. The Morgan fingerprint density at radius 2 is 2.42 bits per heavy atom. The first-order valence-corrected chi connectivity index (χ1v) is 3.71. The maximum Gasteiger partial charge on any atom is 0.122 e. The van der Waals surface area contributed by atoms with Crippen LogP contribution in [-0.4, -0.2) is 6.61 Å². The van der Waals surface area contributed by atoms with E-state index >= 15 is 0 Å². The van der Waals surface area contributed by atoms with Gasteiger partial charge < -0.3 is 4.74 Å². The van der Waals surface area contributed by atoms with Crippen LogP contribution in [0, 0.1) is 0 Å². The zero-order chi connectivity index (χ0) is 8.39. The summed E-state index contributed by atoms with van der Waals surface area (Å²) in [6.07, 6.45) is 0.907. The van der Waals surface area contributed by atoms with Crippen molar-refractivity contribution in [1.29, 1.82) is 0 Å². The van der Waals surface area contributed by atoms with Crippen LogP contribution in [0.4, 0.5) is 5.69 Å². The molecule has 1 aliphatic heterocycles. The molecule has 1 aliphatic rings. The quantitative estimate of drug-likeness (QED) is 0.354. The summed E-state index contributed by atoms with van der Waals surface area (Å²) in [5, 5.41) is 3.51. The molecule has 0 spiro atoms. The normalized spacial score (nSPS) is 13.0. The van der Waals surface area contributed by atoms with Crippen molar-refractivity contribution in [2.24, 2.45) is 5.11 Å². The molecule has 12 heavy (non-hydrogen) atoms. The molecular weight excluding hydrogens is 154 g/mol. The van der Waals surface area contributed by atoms with Crippen LogP contribution in [0.2, 0.25) is 0 Å². The van der Waals surface area contributed by atoms with Gasteiger partial charge in [-0.2, -0.15) is 0 Å². The van der Waals surface area contributed by atoms with E-state index in [0.29, 0.717) is 5.69 Å². The fraction of sp³-hybridized carbons (Fsp3) is 0.250. The van der Waals surface area contributed by atoms with Crippen molar-refractivity contribution in [2.45, 2.75) is 6.42 Å². The van der Waals surface area contributed by atoms with E-state index in [9.17, 15) is 0 Å². The third kappa shape index (κ3) is 1.08. The predicted molar refractivity (Wildman–Crippen MR) is 44.4 cm³/mol. The van der Waals surface area contributed by atoms with Gasteiger partial charge in [0.1, 0.15) is 5.75 Å². The van der Waals surface area contributed by atoms with Gasteiger partial charge in [0.15, 0.2) is 0 Å². The second-order valence-corrected chi connectivity index (χ2v) is 2.58. The van der Waals surface area contributed by atoms with Gasteiger partial charge in [0.05, 0.1) is 6.61 Å². The minimum Gasteiger partial charge on any atom is -0.493 e. The minimum absolute atomic E-state index is 0.654. The highest BCUT2D eigenvalue weighted by Gasteiger charge is 2.10. The number of hydrogen-bond acceptors (Lipinski definition) is 2. The van der Waals surface area contributed by atoms with Crippen molar-refractivity contribution in [2.75, 3.05) is 6.61 Å². The van der Waals surface area contributed by atoms with Gasteiger partial charge in [-0.15, -0.1) is 0 Å². The fourth-order valence-electron chi connectivity index (χ4n) is 1.29. The summed E-state index contributed by atoms with van der Waals surface area (Å²) in [6.45, 7) is 0.731. The fourth-order valence-corrected chi connectivity index (χ4v) is 1.29. The van der Waals surface area contributed by atoms with Gasteiger partial charge in [-0.1, -0.05) is 5.11 Å². The van der Waals surface area contributed by atoms with Gasteiger partial charge in [-0.05, 0) is 29.3 Å². The molecule has 2 rings (SSSR count). The zero-order valence-electron chi connectivity index (χ0n) is 6.40. The Balaban J connectivity index is 2.45. The minimum atomic E-state index is 0.654. The molecule has 0 saturated carbocycles. The van der Waals surface area contributed by atoms with Crippen LogP contribution in [0.15, 0.2) is 23.3 Å². The van der Waals surface area contributed by atoms with Crippen LogP contribution in [0.25, 0.3) is 10.4 Å². The summed E-state index contributed by atoms with van der Waals surface area (Å²) in [6, 6.07) is 5.46. The Labute approximate surface area is 69.4 Å². The molecule has 4 heteroatoms. The van der Waals surface area contributed by atoms with Crippen molar-refractivity contribution < 1.29 is 4.74 Å². The summed E-state index contributed by atoms with van der Waals surface area (Å²) in [5.74, 6) is 0.909. The summed E-state index contributed by atoms with van der Waals surface area (Å²) in [4.78, 5) is 2.72. The maximum atomic E-state index is 8.20. The maximum absolute atomic E-state index is 8.20. The molecule has 0 unspecified atom stereocenters. The molecule has 60 valence electrons. The van der Waals surface area contributed by atoms with E-state index in [0.717, 1.165) is 24.3 Å². The molecule has 0 N–H and O–H groups in total. The average molecular weight is 161 g/mol. The second-order valence-electron chi connectivity index (χ2n) is 2.58. The third-order valence-corrected chi connectivity index (χ3v) is 1.83. The van der Waals surface area contributed by atoms with E-state index in [1.807, 2.05) is 12.1 Å². The van der Waals surface area contributed by atoms with Crippen molar-refractivity contribution in [3.63, 3.8) is 0 Å². The number of rotatable bonds is 1. The largest absolute Gasteiger partial charge is 0.493 e. The molecule has 0 radical (unpaired) electrons. The average Bonchev–Trinajstić information content (AvgIpc) is 2.51. The van der Waals surface area contributed by atoms with Gasteiger partial charge in [-0.3, -0.25) is 0 Å². The molecular formula is C8H7N3O. The van der Waals surface area contributed by atoms with E-state index in [4.69, 9.17) is 10.3 Å². The van der Waals surface area contributed by atoms with Crippen LogP contribution >= 0.6 is 0 Å². The molecule has 4 nitrogen and oxygen atoms in total. The van der Waals surface area contributed by atoms with E-state index in [1.54, 1.807) is 6.07 Å². The Morgan fingerprint density at radius 3 is 3.25 bits per heavy atom. The lowest BCUT2D eigenvalue weighted by Crippen LogP contribution is -1.85. The highest BCUT2D eigenvalue weighted by molar-refractivity contribution is 5.48. The highest BCUT2D eigenvalue weighted by atomic mass is 16.5. The summed E-state index contributed by atoms with van der Waals surface area (Å²) in [7, 11) is 0. The Morgan fingerprint density at radius 1 is 1.50 bits per heavy atom. The third-order valence-electron chi connectivity index (χ3n) is 1.83. The molecule has 0 bridgehead atoms. The Bertz CT molecular complexity index is 355. The molecule has 0 atom stereocenters. The van der Waals surface area contributed by atoms with Crippen LogP contribution in [0.1, 0.15) is 5.56 Å². The van der Waals surface area contributed by atoms with E-state index in [-0.39, 0.29) is 0 Å². The van der Waals surface area contributed by atoms with Gasteiger partial charge in [-0.25, -0.2) is 0 Å². The van der Waals surface area contributed by atoms with Gasteiger partial charge in [0.25, 0.3) is 0 Å². The number of benzene rings is 1. The first-order chi connectivity index (χ1) is 5.90. The molecule has 0 amide bonds. The van der Waals surface area contributed by atoms with Crippen LogP contribution in [0.3, 0.4) is 0 Å². The van der Waals surface area contributed by atoms with E-state index in [2.05, 4.69) is 10.0 Å². The smallest absolute Gasteiger partial charge is 0.122 e. The molecule has 1 heterocycles. The van der Waals surface area contributed by atoms with E-state index < -0.39 is 0 Å². The lowest BCUT2D eigenvalue weighted by Gasteiger charge is -1.97. The van der Waals surface area contributed by atoms with Crippen LogP contribution in [0.5, 0.6) is 5.75 Å². The first kappa shape index (κ1) is 7.00. The van der Waals surface area contributed by atoms with Crippen molar-refractivity contribution >= 4 is 5.69 Å². The van der Waals surface area contributed by atoms with E-state index in [1.165, 1.54) is 0 Å². The summed E-state index contributed by atoms with van der Waals surface area (Å²) >= 11 is 0. The standard InChI is InChI=1S/C8H7N3O/c9-11-10-7-1-2-8-6(5-7)3-4-12-8/h1-2,5H,3-4H2. The van der Waals surface area contributed by atoms with Gasteiger partial charge in [0, 0.05) is 17.0 Å². The number of nitrogens with zero attached hydrogens (tertiary/aromatic N) is 3. The molecule has 0 saturated heterocycles. The summed E-state index contributed by atoms with van der Waals surface area (Å²) in [5.41, 5.74) is 9.97. The number of hydrogen-bond donors (Lipinski definition) is 0. The van der Waals surface area contributed by atoms with Crippen molar-refractivity contribution in [3.8, 4) is 5.75 Å². The SMILES string of the molecule is [N-]=[N+]=Nc1ccc2c(c1)CCO2. The lowest BCUT2D eigenvalue weighted by molar-refractivity contribution is 0.357. The predicted octanol–water partition coefficient (Wildman–Crippen LogP) is 2.56. The highest BCUT2D eigenvalue weighted by Crippen LogP contribution is 2.28. The topological polar surface area (TPSA) is 58.0 Å². The number of ether oxygens (including phenoxy) is 1. The molecule has 0 aliphatic carbocycles. The lowest BCUT2D eigenvalue weighted by atomic mass is 10.1. The Kier molecular flexibility index (Phi) is 1.61. The monoisotopic (exact) mass is 161 g/mol. The number of fused-ring (bicyclic) bond motifs is 1. The molecule has 0 aromatic heterocycles. The second kappa shape index (κ2) is 2.75. The first-order valence-electron chi connectivity index (χ1n) is 3.71. The van der Waals surface area contributed by atoms with Gasteiger partial charge >= 0.3 is 0 Å². The van der Waals surface area contributed by atoms with Gasteiger partial charge in [0.2, 0.25) is 0 Å². The van der Waals surface area contributed by atoms with Crippen molar-refractivity contribution in [1.82, 2.24) is 0 Å². The zero-order valence-corrected chi connectivity index (χ0v) is 6.40. The number of azide groups is 1. The van der Waals surface area contributed by atoms with Crippen LogP contribution < -0.4 is 4.74 Å². The molecule has 1 aromatic rings. The Hall–Kier alpha value is -1.67. The summed E-state index contributed by atoms with van der Waals surface area (Å²) < 4.78 is 5.30.